The Morgan fingerprint density at radius 1 is 1.16 bits per heavy atom. The molecule has 3 heterocycles. The lowest BCUT2D eigenvalue weighted by Crippen LogP contribution is -2.33. The number of rotatable bonds is 5. The molecule has 0 spiro atoms. The molecule has 0 saturated carbocycles. The van der Waals surface area contributed by atoms with Gasteiger partial charge in [-0.15, -0.1) is 0 Å². The molecule has 31 heavy (non-hydrogen) atoms. The van der Waals surface area contributed by atoms with Crippen LogP contribution < -0.4 is 10.7 Å². The number of carbonyl (C=O) groups is 1. The van der Waals surface area contributed by atoms with Crippen molar-refractivity contribution in [3.05, 3.63) is 64.3 Å². The van der Waals surface area contributed by atoms with E-state index in [-0.39, 0.29) is 47.0 Å². The van der Waals surface area contributed by atoms with Crippen molar-refractivity contribution in [3.8, 4) is 22.8 Å². The summed E-state index contributed by atoms with van der Waals surface area (Å²) < 4.78 is 20.1. The molecule has 1 N–H and O–H groups in total. The highest BCUT2D eigenvalue weighted by Crippen LogP contribution is 2.22. The van der Waals surface area contributed by atoms with Crippen molar-refractivity contribution in [1.29, 1.82) is 0 Å². The summed E-state index contributed by atoms with van der Waals surface area (Å²) in [5, 5.41) is 7.07. The molecule has 0 unspecified atom stereocenters. The van der Waals surface area contributed by atoms with Crippen LogP contribution in [0.15, 0.2) is 51.9 Å². The smallest absolute Gasteiger partial charge is 0.263 e. The van der Waals surface area contributed by atoms with Gasteiger partial charge in [-0.3, -0.25) is 9.59 Å². The van der Waals surface area contributed by atoms with Gasteiger partial charge in [0, 0.05) is 23.5 Å². The first-order valence-corrected chi connectivity index (χ1v) is 9.72. The number of pyridine rings is 2. The molecule has 8 nitrogen and oxygen atoms in total. The predicted molar refractivity (Wildman–Crippen MR) is 113 cm³/mol. The van der Waals surface area contributed by atoms with E-state index in [4.69, 9.17) is 4.52 Å². The number of amides is 1. The second-order valence-electron chi connectivity index (χ2n) is 7.48. The minimum absolute atomic E-state index is 0.00446. The number of fused-ring (bicyclic) bond motifs is 1. The lowest BCUT2D eigenvalue weighted by molar-refractivity contribution is -0.122. The van der Waals surface area contributed by atoms with E-state index >= 15 is 0 Å². The molecule has 0 atom stereocenters. The van der Waals surface area contributed by atoms with Gasteiger partial charge in [0.15, 0.2) is 0 Å². The van der Waals surface area contributed by atoms with Gasteiger partial charge in [0.1, 0.15) is 23.6 Å². The Hall–Kier alpha value is -3.88. The van der Waals surface area contributed by atoms with E-state index in [9.17, 15) is 14.0 Å². The molecule has 1 amide bonds. The highest BCUT2D eigenvalue weighted by Gasteiger charge is 2.19. The Kier molecular flexibility index (Phi) is 5.33. The van der Waals surface area contributed by atoms with Crippen LogP contribution in [0.5, 0.6) is 0 Å². The monoisotopic (exact) mass is 421 g/mol. The molecule has 9 heteroatoms. The van der Waals surface area contributed by atoms with Gasteiger partial charge >= 0.3 is 0 Å². The summed E-state index contributed by atoms with van der Waals surface area (Å²) in [6.07, 6.45) is 1.50. The summed E-state index contributed by atoms with van der Waals surface area (Å²) in [6.45, 7) is 5.51. The molecule has 0 aliphatic rings. The summed E-state index contributed by atoms with van der Waals surface area (Å²) in [5.74, 6) is -0.371. The van der Waals surface area contributed by atoms with Crippen LogP contribution in [0.2, 0.25) is 0 Å². The fourth-order valence-corrected chi connectivity index (χ4v) is 3.20. The van der Waals surface area contributed by atoms with E-state index in [1.54, 1.807) is 16.7 Å². The maximum atomic E-state index is 13.2. The number of hydrogen-bond donors (Lipinski definition) is 1. The average Bonchev–Trinajstić information content (AvgIpc) is 3.20. The number of benzene rings is 1. The van der Waals surface area contributed by atoms with Gasteiger partial charge in [-0.25, -0.2) is 9.37 Å². The van der Waals surface area contributed by atoms with Crippen molar-refractivity contribution < 1.29 is 13.7 Å². The second-order valence-corrected chi connectivity index (χ2v) is 7.48. The zero-order chi connectivity index (χ0) is 22.1. The van der Waals surface area contributed by atoms with Gasteiger partial charge in [-0.1, -0.05) is 5.16 Å². The number of nitrogens with zero attached hydrogens (tertiary/aromatic N) is 4. The molecule has 0 aliphatic carbocycles. The largest absolute Gasteiger partial charge is 0.352 e. The summed E-state index contributed by atoms with van der Waals surface area (Å²) >= 11 is 0. The van der Waals surface area contributed by atoms with E-state index in [0.717, 1.165) is 0 Å². The molecule has 0 fully saturated rings. The van der Waals surface area contributed by atoms with Crippen LogP contribution in [0.25, 0.3) is 33.9 Å². The molecule has 0 radical (unpaired) electrons. The summed E-state index contributed by atoms with van der Waals surface area (Å²) in [4.78, 5) is 34.2. The van der Waals surface area contributed by atoms with Crippen molar-refractivity contribution in [3.63, 3.8) is 0 Å². The first kappa shape index (κ1) is 20.4. The number of carbonyl (C=O) groups excluding carboxylic acids is 1. The molecule has 4 aromatic rings. The van der Waals surface area contributed by atoms with E-state index < -0.39 is 0 Å². The zero-order valence-corrected chi connectivity index (χ0v) is 17.2. The minimum Gasteiger partial charge on any atom is -0.352 e. The fourth-order valence-electron chi connectivity index (χ4n) is 3.20. The first-order chi connectivity index (χ1) is 14.8. The Morgan fingerprint density at radius 2 is 1.90 bits per heavy atom. The SMILES string of the molecule is Cc1ccc2c(=O)c(-c3nc(-c4ccc(F)cc4)no3)cn(CC(=O)NC(C)C)c2n1. The fraction of sp³-hybridized carbons (Fsp3) is 0.227. The van der Waals surface area contributed by atoms with Gasteiger partial charge < -0.3 is 14.4 Å². The Morgan fingerprint density at radius 3 is 2.61 bits per heavy atom. The maximum absolute atomic E-state index is 13.2. The zero-order valence-electron chi connectivity index (χ0n) is 17.2. The van der Waals surface area contributed by atoms with Crippen molar-refractivity contribution in [1.82, 2.24) is 25.0 Å². The lowest BCUT2D eigenvalue weighted by Gasteiger charge is -2.13. The number of halogens is 1. The topological polar surface area (TPSA) is 103 Å². The molecule has 0 bridgehead atoms. The maximum Gasteiger partial charge on any atom is 0.263 e. The molecular weight excluding hydrogens is 401 g/mol. The normalized spacial score (nSPS) is 11.3. The van der Waals surface area contributed by atoms with Crippen LogP contribution in [-0.4, -0.2) is 31.6 Å². The van der Waals surface area contributed by atoms with Gasteiger partial charge in [0.2, 0.25) is 17.2 Å². The Labute approximate surface area is 176 Å². The van der Waals surface area contributed by atoms with E-state index in [1.807, 2.05) is 20.8 Å². The molecule has 158 valence electrons. The number of hydrogen-bond acceptors (Lipinski definition) is 6. The summed E-state index contributed by atoms with van der Waals surface area (Å²) in [6, 6.07) is 8.98. The average molecular weight is 421 g/mol. The van der Waals surface area contributed by atoms with Crippen molar-refractivity contribution >= 4 is 16.9 Å². The van der Waals surface area contributed by atoms with Crippen LogP contribution >= 0.6 is 0 Å². The van der Waals surface area contributed by atoms with Gasteiger partial charge in [0.05, 0.1) is 5.39 Å². The van der Waals surface area contributed by atoms with Crippen molar-refractivity contribution in [2.24, 2.45) is 0 Å². The third kappa shape index (κ3) is 4.20. The van der Waals surface area contributed by atoms with E-state index in [0.29, 0.717) is 22.3 Å². The number of aromatic nitrogens is 4. The van der Waals surface area contributed by atoms with Crippen LogP contribution in [-0.2, 0) is 11.3 Å². The van der Waals surface area contributed by atoms with Crippen molar-refractivity contribution in [2.45, 2.75) is 33.4 Å². The Balaban J connectivity index is 1.82. The number of aryl methyl sites for hydroxylation is 1. The van der Waals surface area contributed by atoms with Gasteiger partial charge in [0.25, 0.3) is 5.89 Å². The van der Waals surface area contributed by atoms with E-state index in [1.165, 1.54) is 30.5 Å². The standard InChI is InChI=1S/C22H20FN5O3/c1-12(2)24-18(29)11-28-10-17(19(30)16-9-4-13(3)25-21(16)28)22-26-20(27-31-22)14-5-7-15(23)8-6-14/h4-10,12H,11H2,1-3H3,(H,24,29). The van der Waals surface area contributed by atoms with E-state index in [2.05, 4.69) is 20.4 Å². The van der Waals surface area contributed by atoms with Crippen molar-refractivity contribution in [2.75, 3.05) is 0 Å². The lowest BCUT2D eigenvalue weighted by atomic mass is 10.1. The predicted octanol–water partition coefficient (Wildman–Crippen LogP) is 3.09. The Bertz CT molecular complexity index is 1330. The van der Waals surface area contributed by atoms with Crippen LogP contribution in [0.3, 0.4) is 0 Å². The third-order valence-corrected chi connectivity index (χ3v) is 4.58. The molecule has 3 aromatic heterocycles. The second kappa shape index (κ2) is 8.10. The molecular formula is C22H20FN5O3. The molecule has 0 aliphatic heterocycles. The quantitative estimate of drug-likeness (QED) is 0.531. The van der Waals surface area contributed by atoms with Crippen LogP contribution in [0, 0.1) is 12.7 Å². The number of nitrogens with one attached hydrogen (secondary N) is 1. The minimum atomic E-state index is -0.382. The molecule has 4 rings (SSSR count). The molecule has 0 saturated heterocycles. The van der Waals surface area contributed by atoms with Crippen LogP contribution in [0.1, 0.15) is 19.5 Å². The highest BCUT2D eigenvalue weighted by molar-refractivity contribution is 5.83. The first-order valence-electron chi connectivity index (χ1n) is 9.72. The summed E-state index contributed by atoms with van der Waals surface area (Å²) in [5.41, 5.74) is 1.47. The highest BCUT2D eigenvalue weighted by atomic mass is 19.1. The molecule has 1 aromatic carbocycles. The summed E-state index contributed by atoms with van der Waals surface area (Å²) in [7, 11) is 0. The third-order valence-electron chi connectivity index (χ3n) is 4.58. The van der Waals surface area contributed by atoms with Crippen LogP contribution in [0.4, 0.5) is 4.39 Å². The van der Waals surface area contributed by atoms with Gasteiger partial charge in [-0.05, 0) is 57.2 Å². The van der Waals surface area contributed by atoms with Gasteiger partial charge in [-0.2, -0.15) is 4.98 Å².